The van der Waals surface area contributed by atoms with E-state index in [9.17, 15) is 9.59 Å². The number of nitrogens with one attached hydrogen (secondary N) is 1. The van der Waals surface area contributed by atoms with Crippen molar-refractivity contribution in [2.45, 2.75) is 56.5 Å². The normalized spacial score (nSPS) is 36.7. The minimum absolute atomic E-state index is 0.0425. The van der Waals surface area contributed by atoms with Crippen molar-refractivity contribution in [1.82, 2.24) is 10.2 Å². The van der Waals surface area contributed by atoms with Crippen molar-refractivity contribution in [2.75, 3.05) is 5.75 Å². The lowest BCUT2D eigenvalue weighted by Gasteiger charge is -2.30. The van der Waals surface area contributed by atoms with Crippen LogP contribution in [0.5, 0.6) is 0 Å². The second-order valence-corrected chi connectivity index (χ2v) is 7.40. The molecular weight excluding hydrogens is 248 g/mol. The van der Waals surface area contributed by atoms with Gasteiger partial charge in [0.25, 0.3) is 0 Å². The highest BCUT2D eigenvalue weighted by Crippen LogP contribution is 2.47. The van der Waals surface area contributed by atoms with Gasteiger partial charge in [-0.1, -0.05) is 0 Å². The van der Waals surface area contributed by atoms with Gasteiger partial charge in [0.15, 0.2) is 0 Å². The van der Waals surface area contributed by atoms with Crippen LogP contribution in [0.1, 0.15) is 39.5 Å². The molecule has 18 heavy (non-hydrogen) atoms. The summed E-state index contributed by atoms with van der Waals surface area (Å²) in [6, 6.07) is 0.00302. The standard InChI is InChI=1S/C13H20N2O2S/c1-8(9-3-4-9)14-12(17)10-7-18-13(2)6-5-11(16)15(10)13/h8-10H,3-7H2,1-2H3,(H,14,17). The highest BCUT2D eigenvalue weighted by molar-refractivity contribution is 8.01. The number of amides is 2. The van der Waals surface area contributed by atoms with Crippen LogP contribution in [0.3, 0.4) is 0 Å². The van der Waals surface area contributed by atoms with Gasteiger partial charge in [0, 0.05) is 18.2 Å². The summed E-state index contributed by atoms with van der Waals surface area (Å²) in [5.74, 6) is 1.58. The van der Waals surface area contributed by atoms with Gasteiger partial charge in [0.05, 0.1) is 4.87 Å². The third-order valence-corrected chi connectivity index (χ3v) is 5.95. The highest BCUT2D eigenvalue weighted by Gasteiger charge is 2.53. The second kappa shape index (κ2) is 4.15. The molecule has 1 N–H and O–H groups in total. The topological polar surface area (TPSA) is 49.4 Å². The second-order valence-electron chi connectivity index (χ2n) is 5.90. The molecule has 3 rings (SSSR count). The molecule has 0 aromatic rings. The van der Waals surface area contributed by atoms with Gasteiger partial charge in [-0.25, -0.2) is 0 Å². The van der Waals surface area contributed by atoms with Gasteiger partial charge in [-0.15, -0.1) is 11.8 Å². The molecule has 100 valence electrons. The monoisotopic (exact) mass is 268 g/mol. The fraction of sp³-hybridized carbons (Fsp3) is 0.846. The molecule has 0 bridgehead atoms. The minimum atomic E-state index is -0.254. The fourth-order valence-electron chi connectivity index (χ4n) is 3.05. The third-order valence-electron chi connectivity index (χ3n) is 4.45. The van der Waals surface area contributed by atoms with Gasteiger partial charge in [-0.2, -0.15) is 0 Å². The molecule has 2 amide bonds. The zero-order valence-corrected chi connectivity index (χ0v) is 11.8. The van der Waals surface area contributed by atoms with Gasteiger partial charge in [0.2, 0.25) is 11.8 Å². The molecule has 2 aliphatic heterocycles. The Hall–Kier alpha value is -0.710. The molecule has 1 saturated carbocycles. The summed E-state index contributed by atoms with van der Waals surface area (Å²) >= 11 is 1.75. The summed E-state index contributed by atoms with van der Waals surface area (Å²) in [5, 5.41) is 3.09. The van der Waals surface area contributed by atoms with Crippen LogP contribution < -0.4 is 5.32 Å². The van der Waals surface area contributed by atoms with Crippen molar-refractivity contribution in [3.8, 4) is 0 Å². The first kappa shape index (κ1) is 12.3. The molecular formula is C13H20N2O2S. The molecule has 0 aromatic carbocycles. The lowest BCUT2D eigenvalue weighted by atomic mass is 10.1. The number of carbonyl (C=O) groups is 2. The van der Waals surface area contributed by atoms with Crippen LogP contribution in [-0.4, -0.2) is 39.4 Å². The SMILES string of the molecule is CC(NC(=O)C1CSC2(C)CCC(=O)N12)C1CC1. The number of hydrogen-bond donors (Lipinski definition) is 1. The lowest BCUT2D eigenvalue weighted by Crippen LogP contribution is -2.52. The van der Waals surface area contributed by atoms with E-state index in [2.05, 4.69) is 19.2 Å². The van der Waals surface area contributed by atoms with Crippen LogP contribution in [0.25, 0.3) is 0 Å². The van der Waals surface area contributed by atoms with Crippen molar-refractivity contribution in [2.24, 2.45) is 5.92 Å². The highest BCUT2D eigenvalue weighted by atomic mass is 32.2. The van der Waals surface area contributed by atoms with E-state index in [0.717, 1.165) is 12.2 Å². The van der Waals surface area contributed by atoms with Crippen molar-refractivity contribution >= 4 is 23.6 Å². The van der Waals surface area contributed by atoms with Crippen LogP contribution in [-0.2, 0) is 9.59 Å². The molecule has 2 saturated heterocycles. The first-order valence-corrected chi connectivity index (χ1v) is 7.76. The molecule has 4 nitrogen and oxygen atoms in total. The Bertz CT molecular complexity index is 396. The van der Waals surface area contributed by atoms with E-state index >= 15 is 0 Å². The van der Waals surface area contributed by atoms with Gasteiger partial charge in [-0.05, 0) is 39.0 Å². The van der Waals surface area contributed by atoms with E-state index in [-0.39, 0.29) is 28.8 Å². The molecule has 3 unspecified atom stereocenters. The van der Waals surface area contributed by atoms with Gasteiger partial charge < -0.3 is 10.2 Å². The predicted molar refractivity (Wildman–Crippen MR) is 71.1 cm³/mol. The molecule has 0 spiro atoms. The number of nitrogens with zero attached hydrogens (tertiary/aromatic N) is 1. The molecule has 3 fully saturated rings. The summed E-state index contributed by atoms with van der Waals surface area (Å²) in [5.41, 5.74) is 0. The number of carbonyl (C=O) groups excluding carboxylic acids is 2. The number of hydrogen-bond acceptors (Lipinski definition) is 3. The summed E-state index contributed by atoms with van der Waals surface area (Å²) in [6.07, 6.45) is 3.91. The Morgan fingerprint density at radius 1 is 1.56 bits per heavy atom. The maximum absolute atomic E-state index is 12.3. The van der Waals surface area contributed by atoms with Crippen LogP contribution in [0.2, 0.25) is 0 Å². The Kier molecular flexibility index (Phi) is 2.84. The van der Waals surface area contributed by atoms with Crippen molar-refractivity contribution in [3.63, 3.8) is 0 Å². The third kappa shape index (κ3) is 1.92. The summed E-state index contributed by atoms with van der Waals surface area (Å²) in [4.78, 5) is 25.9. The molecule has 3 aliphatic rings. The Balaban J connectivity index is 1.68. The smallest absolute Gasteiger partial charge is 0.243 e. The van der Waals surface area contributed by atoms with Crippen LogP contribution in [0, 0.1) is 5.92 Å². The maximum Gasteiger partial charge on any atom is 0.243 e. The molecule has 2 heterocycles. The summed E-state index contributed by atoms with van der Waals surface area (Å²) in [7, 11) is 0. The van der Waals surface area contributed by atoms with E-state index in [0.29, 0.717) is 12.3 Å². The molecule has 1 aliphatic carbocycles. The van der Waals surface area contributed by atoms with Gasteiger partial charge in [-0.3, -0.25) is 9.59 Å². The van der Waals surface area contributed by atoms with Crippen molar-refractivity contribution in [1.29, 1.82) is 0 Å². The summed E-state index contributed by atoms with van der Waals surface area (Å²) in [6.45, 7) is 4.16. The van der Waals surface area contributed by atoms with Crippen molar-refractivity contribution < 1.29 is 9.59 Å². The first-order chi connectivity index (χ1) is 8.51. The predicted octanol–water partition coefficient (Wildman–Crippen LogP) is 1.36. The zero-order chi connectivity index (χ0) is 12.9. The van der Waals surface area contributed by atoms with Crippen LogP contribution in [0.15, 0.2) is 0 Å². The van der Waals surface area contributed by atoms with E-state index in [1.165, 1.54) is 12.8 Å². The first-order valence-electron chi connectivity index (χ1n) is 6.78. The fourth-order valence-corrected chi connectivity index (χ4v) is 4.48. The Morgan fingerprint density at radius 3 is 2.94 bits per heavy atom. The Labute approximate surface area is 112 Å². The maximum atomic E-state index is 12.3. The zero-order valence-electron chi connectivity index (χ0n) is 10.9. The number of rotatable bonds is 3. The number of fused-ring (bicyclic) bond motifs is 1. The molecule has 5 heteroatoms. The summed E-state index contributed by atoms with van der Waals surface area (Å²) < 4.78 is 0. The average molecular weight is 268 g/mol. The van der Waals surface area contributed by atoms with E-state index in [4.69, 9.17) is 0 Å². The molecule has 3 atom stereocenters. The largest absolute Gasteiger partial charge is 0.352 e. The van der Waals surface area contributed by atoms with E-state index in [1.807, 2.05) is 4.90 Å². The van der Waals surface area contributed by atoms with Gasteiger partial charge in [0.1, 0.15) is 6.04 Å². The lowest BCUT2D eigenvalue weighted by molar-refractivity contribution is -0.138. The average Bonchev–Trinajstić information content (AvgIpc) is 3.05. The molecule has 0 aromatic heterocycles. The van der Waals surface area contributed by atoms with Crippen LogP contribution >= 0.6 is 11.8 Å². The van der Waals surface area contributed by atoms with E-state index < -0.39 is 0 Å². The minimum Gasteiger partial charge on any atom is -0.352 e. The van der Waals surface area contributed by atoms with E-state index in [1.54, 1.807) is 11.8 Å². The quantitative estimate of drug-likeness (QED) is 0.840. The van der Waals surface area contributed by atoms with Crippen molar-refractivity contribution in [3.05, 3.63) is 0 Å². The number of thioether (sulfide) groups is 1. The Morgan fingerprint density at radius 2 is 2.28 bits per heavy atom. The molecule has 0 radical (unpaired) electrons. The van der Waals surface area contributed by atoms with Crippen LogP contribution in [0.4, 0.5) is 0 Å². The van der Waals surface area contributed by atoms with Gasteiger partial charge >= 0.3 is 0 Å².